The highest BCUT2D eigenvalue weighted by Gasteiger charge is 2.16. The molecular weight excluding hydrogens is 292 g/mol. The number of carbonyl (C=O) groups excluding carboxylic acids is 1. The first-order valence-electron chi connectivity index (χ1n) is 8.39. The van der Waals surface area contributed by atoms with E-state index in [0.29, 0.717) is 19.5 Å². The van der Waals surface area contributed by atoms with E-state index in [0.717, 1.165) is 39.3 Å². The number of rotatable bonds is 8. The molecule has 1 saturated heterocycles. The summed E-state index contributed by atoms with van der Waals surface area (Å²) in [4.78, 5) is 16.3. The fourth-order valence-corrected chi connectivity index (χ4v) is 2.68. The predicted octanol–water partition coefficient (Wildman–Crippen LogP) is 0.486. The van der Waals surface area contributed by atoms with E-state index in [-0.39, 0.29) is 12.6 Å². The van der Waals surface area contributed by atoms with Crippen molar-refractivity contribution in [3.63, 3.8) is 0 Å². The van der Waals surface area contributed by atoms with Gasteiger partial charge in [-0.3, -0.25) is 9.80 Å². The van der Waals surface area contributed by atoms with Gasteiger partial charge >= 0.3 is 6.03 Å². The molecule has 1 aromatic carbocycles. The first-order valence-corrected chi connectivity index (χ1v) is 8.39. The number of benzene rings is 1. The van der Waals surface area contributed by atoms with E-state index in [1.54, 1.807) is 0 Å². The Balaban J connectivity index is 1.55. The van der Waals surface area contributed by atoms with Crippen LogP contribution in [0.15, 0.2) is 30.3 Å². The molecule has 23 heavy (non-hydrogen) atoms. The van der Waals surface area contributed by atoms with Crippen molar-refractivity contribution in [2.45, 2.75) is 13.0 Å². The highest BCUT2D eigenvalue weighted by atomic mass is 16.3. The van der Waals surface area contributed by atoms with Crippen LogP contribution in [0.1, 0.15) is 12.0 Å². The Hall–Kier alpha value is -1.63. The summed E-state index contributed by atoms with van der Waals surface area (Å²) in [5.74, 6) is 0. The molecule has 0 saturated carbocycles. The number of urea groups is 1. The number of nitrogens with one attached hydrogen (secondary N) is 2. The monoisotopic (exact) mass is 320 g/mol. The van der Waals surface area contributed by atoms with Gasteiger partial charge in [0.15, 0.2) is 0 Å². The van der Waals surface area contributed by atoms with Crippen molar-refractivity contribution >= 4 is 6.03 Å². The van der Waals surface area contributed by atoms with Gasteiger partial charge in [-0.25, -0.2) is 4.79 Å². The summed E-state index contributed by atoms with van der Waals surface area (Å²) in [5, 5.41) is 14.2. The molecule has 1 heterocycles. The number of amides is 2. The molecule has 1 aliphatic heterocycles. The zero-order valence-electron chi connectivity index (χ0n) is 13.7. The van der Waals surface area contributed by atoms with Gasteiger partial charge in [-0.1, -0.05) is 30.3 Å². The molecule has 0 radical (unpaired) electrons. The first kappa shape index (κ1) is 17.7. The standard InChI is InChI=1S/C17H28N4O2/c22-14-4-7-18-17(23)19-8-9-20-10-12-21(13-11-20)15-16-5-2-1-3-6-16/h1-3,5-6,22H,4,7-15H2,(H2,18,19,23). The average Bonchev–Trinajstić information content (AvgIpc) is 2.58. The lowest BCUT2D eigenvalue weighted by atomic mass is 10.2. The molecule has 0 bridgehead atoms. The maximum Gasteiger partial charge on any atom is 0.314 e. The maximum absolute atomic E-state index is 11.5. The van der Waals surface area contributed by atoms with Crippen LogP contribution in [0.25, 0.3) is 0 Å². The van der Waals surface area contributed by atoms with E-state index in [1.165, 1.54) is 5.56 Å². The summed E-state index contributed by atoms with van der Waals surface area (Å²) in [6, 6.07) is 10.4. The minimum Gasteiger partial charge on any atom is -0.396 e. The number of aliphatic hydroxyl groups is 1. The van der Waals surface area contributed by atoms with E-state index >= 15 is 0 Å². The van der Waals surface area contributed by atoms with E-state index in [4.69, 9.17) is 5.11 Å². The van der Waals surface area contributed by atoms with Gasteiger partial charge in [0, 0.05) is 59.0 Å². The van der Waals surface area contributed by atoms with Crippen molar-refractivity contribution < 1.29 is 9.90 Å². The molecule has 0 aromatic heterocycles. The molecule has 3 N–H and O–H groups in total. The first-order chi connectivity index (χ1) is 11.3. The molecule has 0 atom stereocenters. The summed E-state index contributed by atoms with van der Waals surface area (Å²) >= 11 is 0. The Labute approximate surface area is 138 Å². The lowest BCUT2D eigenvalue weighted by molar-refractivity contribution is 0.128. The van der Waals surface area contributed by atoms with E-state index in [9.17, 15) is 4.79 Å². The van der Waals surface area contributed by atoms with Crippen LogP contribution in [0.3, 0.4) is 0 Å². The Kier molecular flexibility index (Phi) is 7.86. The van der Waals surface area contributed by atoms with Gasteiger partial charge < -0.3 is 15.7 Å². The Morgan fingerprint density at radius 3 is 2.35 bits per heavy atom. The molecule has 0 aliphatic carbocycles. The average molecular weight is 320 g/mol. The van der Waals surface area contributed by atoms with Gasteiger partial charge in [-0.15, -0.1) is 0 Å². The number of aliphatic hydroxyl groups excluding tert-OH is 1. The van der Waals surface area contributed by atoms with Crippen LogP contribution in [0.2, 0.25) is 0 Å². The minimum atomic E-state index is -0.152. The molecule has 0 spiro atoms. The smallest absolute Gasteiger partial charge is 0.314 e. The third-order valence-corrected chi connectivity index (χ3v) is 4.05. The Morgan fingerprint density at radius 2 is 1.65 bits per heavy atom. The Bertz CT molecular complexity index is 447. The van der Waals surface area contributed by atoms with Gasteiger partial charge in [0.2, 0.25) is 0 Å². The zero-order chi connectivity index (χ0) is 16.3. The van der Waals surface area contributed by atoms with Crippen LogP contribution in [0.4, 0.5) is 4.79 Å². The van der Waals surface area contributed by atoms with Crippen LogP contribution in [-0.4, -0.2) is 73.4 Å². The third-order valence-electron chi connectivity index (χ3n) is 4.05. The molecule has 1 aliphatic rings. The number of piperazine rings is 1. The third kappa shape index (κ3) is 6.99. The molecule has 2 rings (SSSR count). The molecule has 128 valence electrons. The SMILES string of the molecule is O=C(NCCCO)NCCN1CCN(Cc2ccccc2)CC1. The summed E-state index contributed by atoms with van der Waals surface area (Å²) in [6.45, 7) is 7.39. The second kappa shape index (κ2) is 10.2. The molecule has 1 aromatic rings. The van der Waals surface area contributed by atoms with Crippen molar-refractivity contribution in [1.29, 1.82) is 0 Å². The van der Waals surface area contributed by atoms with Gasteiger partial charge in [0.25, 0.3) is 0 Å². The molecule has 2 amide bonds. The fraction of sp³-hybridized carbons (Fsp3) is 0.588. The van der Waals surface area contributed by atoms with Crippen molar-refractivity contribution in [2.75, 3.05) is 52.4 Å². The number of carbonyl (C=O) groups is 1. The zero-order valence-corrected chi connectivity index (χ0v) is 13.7. The topological polar surface area (TPSA) is 67.8 Å². The number of hydrogen-bond acceptors (Lipinski definition) is 4. The van der Waals surface area contributed by atoms with Gasteiger partial charge in [-0.05, 0) is 12.0 Å². The van der Waals surface area contributed by atoms with Crippen LogP contribution >= 0.6 is 0 Å². The molecule has 6 heteroatoms. The summed E-state index contributed by atoms with van der Waals surface area (Å²) in [5.41, 5.74) is 1.36. The lowest BCUT2D eigenvalue weighted by Gasteiger charge is -2.34. The lowest BCUT2D eigenvalue weighted by Crippen LogP contribution is -2.48. The van der Waals surface area contributed by atoms with Crippen LogP contribution in [0, 0.1) is 0 Å². The van der Waals surface area contributed by atoms with Crippen molar-refractivity contribution in [1.82, 2.24) is 20.4 Å². The highest BCUT2D eigenvalue weighted by Crippen LogP contribution is 2.07. The fourth-order valence-electron chi connectivity index (χ4n) is 2.68. The second-order valence-electron chi connectivity index (χ2n) is 5.86. The number of hydrogen-bond donors (Lipinski definition) is 3. The predicted molar refractivity (Wildman–Crippen MR) is 91.3 cm³/mol. The van der Waals surface area contributed by atoms with Gasteiger partial charge in [0.1, 0.15) is 0 Å². The van der Waals surface area contributed by atoms with Crippen LogP contribution < -0.4 is 10.6 Å². The van der Waals surface area contributed by atoms with Crippen molar-refractivity contribution in [2.24, 2.45) is 0 Å². The largest absolute Gasteiger partial charge is 0.396 e. The summed E-state index contributed by atoms with van der Waals surface area (Å²) in [7, 11) is 0. The molecule has 6 nitrogen and oxygen atoms in total. The summed E-state index contributed by atoms with van der Waals surface area (Å²) < 4.78 is 0. The van der Waals surface area contributed by atoms with Gasteiger partial charge in [0.05, 0.1) is 0 Å². The van der Waals surface area contributed by atoms with Crippen molar-refractivity contribution in [3.8, 4) is 0 Å². The maximum atomic E-state index is 11.5. The van der Waals surface area contributed by atoms with Gasteiger partial charge in [-0.2, -0.15) is 0 Å². The molecular formula is C17H28N4O2. The quantitative estimate of drug-likeness (QED) is 0.610. The van der Waals surface area contributed by atoms with Crippen LogP contribution in [0.5, 0.6) is 0 Å². The normalized spacial score (nSPS) is 16.2. The minimum absolute atomic E-state index is 0.105. The van der Waals surface area contributed by atoms with E-state index in [1.807, 2.05) is 6.07 Å². The van der Waals surface area contributed by atoms with E-state index < -0.39 is 0 Å². The van der Waals surface area contributed by atoms with Crippen molar-refractivity contribution in [3.05, 3.63) is 35.9 Å². The van der Waals surface area contributed by atoms with E-state index in [2.05, 4.69) is 44.7 Å². The molecule has 0 unspecified atom stereocenters. The highest BCUT2D eigenvalue weighted by molar-refractivity contribution is 5.73. The molecule has 1 fully saturated rings. The summed E-state index contributed by atoms with van der Waals surface area (Å²) in [6.07, 6.45) is 0.594. The second-order valence-corrected chi connectivity index (χ2v) is 5.86. The van der Waals surface area contributed by atoms with Crippen LogP contribution in [-0.2, 0) is 6.54 Å². The Morgan fingerprint density at radius 1 is 1.00 bits per heavy atom. The number of nitrogens with zero attached hydrogens (tertiary/aromatic N) is 2.